The molecule has 0 saturated carbocycles. The predicted octanol–water partition coefficient (Wildman–Crippen LogP) is 1.91. The summed E-state index contributed by atoms with van der Waals surface area (Å²) in [4.78, 5) is 1.38. The van der Waals surface area contributed by atoms with E-state index in [1.807, 2.05) is 6.07 Å². The maximum absolute atomic E-state index is 5.45. The zero-order valence-corrected chi connectivity index (χ0v) is 8.50. The van der Waals surface area contributed by atoms with Gasteiger partial charge in [0.2, 0.25) is 0 Å². The van der Waals surface area contributed by atoms with Crippen molar-refractivity contribution in [3.63, 3.8) is 0 Å². The summed E-state index contributed by atoms with van der Waals surface area (Å²) in [5, 5.41) is 9.90. The Kier molecular flexibility index (Phi) is 2.74. The largest absolute Gasteiger partial charge is 0.382 e. The first-order chi connectivity index (χ1) is 6.84. The van der Waals surface area contributed by atoms with Gasteiger partial charge in [0.05, 0.1) is 5.69 Å². The van der Waals surface area contributed by atoms with Gasteiger partial charge >= 0.3 is 0 Å². The highest BCUT2D eigenvalue weighted by Crippen LogP contribution is 2.11. The third-order valence-electron chi connectivity index (χ3n) is 1.95. The summed E-state index contributed by atoms with van der Waals surface area (Å²) in [6.07, 6.45) is 1.95. The number of nitrogens with two attached hydrogens (primary N) is 1. The van der Waals surface area contributed by atoms with Crippen LogP contribution >= 0.6 is 11.3 Å². The van der Waals surface area contributed by atoms with Gasteiger partial charge in [-0.1, -0.05) is 6.07 Å². The summed E-state index contributed by atoms with van der Waals surface area (Å²) in [5.74, 6) is 0.477. The van der Waals surface area contributed by atoms with Gasteiger partial charge in [0.15, 0.2) is 0 Å². The monoisotopic (exact) mass is 205 g/mol. The van der Waals surface area contributed by atoms with Crippen LogP contribution in [0.15, 0.2) is 29.6 Å². The Bertz CT molecular complexity index is 380. The second kappa shape index (κ2) is 4.19. The fraction of sp³-hybridized carbons (Fsp3) is 0.200. The summed E-state index contributed by atoms with van der Waals surface area (Å²) in [5.41, 5.74) is 6.44. The summed E-state index contributed by atoms with van der Waals surface area (Å²) in [6, 6.07) is 7.91. The van der Waals surface area contributed by atoms with E-state index in [9.17, 15) is 0 Å². The molecule has 2 aromatic rings. The van der Waals surface area contributed by atoms with Crippen LogP contribution in [0.2, 0.25) is 0 Å². The lowest BCUT2D eigenvalue weighted by atomic mass is 10.2. The first-order valence-electron chi connectivity index (χ1n) is 4.45. The highest BCUT2D eigenvalue weighted by atomic mass is 32.1. The van der Waals surface area contributed by atoms with Crippen LogP contribution in [0, 0.1) is 0 Å². The molecule has 0 radical (unpaired) electrons. The minimum atomic E-state index is 0.477. The smallest absolute Gasteiger partial charge is 0.146 e. The number of nitrogen functional groups attached to an aromatic ring is 1. The Labute approximate surface area is 86.6 Å². The SMILES string of the molecule is Nc1ccc(CCc2cccs2)nn1. The first-order valence-corrected chi connectivity index (χ1v) is 5.33. The molecule has 0 aliphatic heterocycles. The summed E-state index contributed by atoms with van der Waals surface area (Å²) in [7, 11) is 0. The topological polar surface area (TPSA) is 51.8 Å². The quantitative estimate of drug-likeness (QED) is 0.832. The molecule has 2 heterocycles. The van der Waals surface area contributed by atoms with E-state index in [1.54, 1.807) is 17.4 Å². The molecule has 72 valence electrons. The van der Waals surface area contributed by atoms with Crippen molar-refractivity contribution in [3.05, 3.63) is 40.2 Å². The second-order valence-corrected chi connectivity index (χ2v) is 4.06. The van der Waals surface area contributed by atoms with Gasteiger partial charge in [-0.2, -0.15) is 5.10 Å². The molecule has 3 nitrogen and oxygen atoms in total. The number of rotatable bonds is 3. The van der Waals surface area contributed by atoms with Crippen molar-refractivity contribution in [3.8, 4) is 0 Å². The number of aryl methyl sites for hydroxylation is 2. The number of hydrogen-bond acceptors (Lipinski definition) is 4. The first kappa shape index (κ1) is 9.15. The molecular weight excluding hydrogens is 194 g/mol. The van der Waals surface area contributed by atoms with E-state index in [0.717, 1.165) is 18.5 Å². The van der Waals surface area contributed by atoms with Crippen LogP contribution in [0.1, 0.15) is 10.6 Å². The summed E-state index contributed by atoms with van der Waals surface area (Å²) < 4.78 is 0. The van der Waals surface area contributed by atoms with E-state index in [-0.39, 0.29) is 0 Å². The third kappa shape index (κ3) is 2.29. The zero-order chi connectivity index (χ0) is 9.80. The van der Waals surface area contributed by atoms with Gasteiger partial charge in [-0.3, -0.25) is 0 Å². The molecule has 0 aliphatic rings. The van der Waals surface area contributed by atoms with Crippen LogP contribution in [0.4, 0.5) is 5.82 Å². The molecule has 0 unspecified atom stereocenters. The zero-order valence-electron chi connectivity index (χ0n) is 7.68. The van der Waals surface area contributed by atoms with Crippen molar-refractivity contribution >= 4 is 17.2 Å². The molecule has 0 atom stereocenters. The van der Waals surface area contributed by atoms with Crippen LogP contribution in [-0.2, 0) is 12.8 Å². The van der Waals surface area contributed by atoms with Gasteiger partial charge in [0.25, 0.3) is 0 Å². The molecule has 2 N–H and O–H groups in total. The van der Waals surface area contributed by atoms with Crippen LogP contribution in [0.25, 0.3) is 0 Å². The minimum Gasteiger partial charge on any atom is -0.382 e. The third-order valence-corrected chi connectivity index (χ3v) is 2.88. The van der Waals surface area contributed by atoms with Gasteiger partial charge in [0, 0.05) is 4.88 Å². The number of thiophene rings is 1. The van der Waals surface area contributed by atoms with Gasteiger partial charge in [0.1, 0.15) is 5.82 Å². The molecule has 4 heteroatoms. The van der Waals surface area contributed by atoms with E-state index in [4.69, 9.17) is 5.73 Å². The van der Waals surface area contributed by atoms with Crippen molar-refractivity contribution in [2.24, 2.45) is 0 Å². The average Bonchev–Trinajstić information content (AvgIpc) is 2.70. The molecule has 2 aromatic heterocycles. The molecule has 0 fully saturated rings. The van der Waals surface area contributed by atoms with E-state index in [0.29, 0.717) is 5.82 Å². The number of nitrogens with zero attached hydrogens (tertiary/aromatic N) is 2. The molecule has 14 heavy (non-hydrogen) atoms. The molecule has 0 saturated heterocycles. The van der Waals surface area contributed by atoms with E-state index >= 15 is 0 Å². The molecule has 0 aromatic carbocycles. The highest BCUT2D eigenvalue weighted by Gasteiger charge is 1.98. The van der Waals surface area contributed by atoms with Crippen LogP contribution in [0.3, 0.4) is 0 Å². The Morgan fingerprint density at radius 1 is 1.14 bits per heavy atom. The lowest BCUT2D eigenvalue weighted by molar-refractivity contribution is 0.871. The van der Waals surface area contributed by atoms with E-state index in [1.165, 1.54) is 4.88 Å². The van der Waals surface area contributed by atoms with Crippen molar-refractivity contribution in [1.29, 1.82) is 0 Å². The lowest BCUT2D eigenvalue weighted by Crippen LogP contribution is -1.98. The van der Waals surface area contributed by atoms with E-state index < -0.39 is 0 Å². The lowest BCUT2D eigenvalue weighted by Gasteiger charge is -1.97. The normalized spacial score (nSPS) is 10.3. The fourth-order valence-corrected chi connectivity index (χ4v) is 1.92. The van der Waals surface area contributed by atoms with Gasteiger partial charge in [-0.15, -0.1) is 16.4 Å². The number of anilines is 1. The fourth-order valence-electron chi connectivity index (χ4n) is 1.21. The Morgan fingerprint density at radius 3 is 2.71 bits per heavy atom. The van der Waals surface area contributed by atoms with Crippen LogP contribution in [0.5, 0.6) is 0 Å². The maximum atomic E-state index is 5.45. The summed E-state index contributed by atoms with van der Waals surface area (Å²) >= 11 is 1.77. The van der Waals surface area contributed by atoms with Crippen molar-refractivity contribution in [2.45, 2.75) is 12.8 Å². The number of hydrogen-bond donors (Lipinski definition) is 1. The molecule has 0 bridgehead atoms. The van der Waals surface area contributed by atoms with Crippen LogP contribution in [-0.4, -0.2) is 10.2 Å². The molecule has 2 rings (SSSR count). The molecular formula is C10H11N3S. The Balaban J connectivity index is 1.95. The van der Waals surface area contributed by atoms with Crippen molar-refractivity contribution in [2.75, 3.05) is 5.73 Å². The van der Waals surface area contributed by atoms with E-state index in [2.05, 4.69) is 27.7 Å². The van der Waals surface area contributed by atoms with Crippen molar-refractivity contribution in [1.82, 2.24) is 10.2 Å². The van der Waals surface area contributed by atoms with Gasteiger partial charge in [-0.05, 0) is 36.4 Å². The molecule has 0 spiro atoms. The minimum absolute atomic E-state index is 0.477. The molecule has 0 amide bonds. The Morgan fingerprint density at radius 2 is 2.07 bits per heavy atom. The molecule has 0 aliphatic carbocycles. The standard InChI is InChI=1S/C10H11N3S/c11-10-6-4-8(12-13-10)3-5-9-2-1-7-14-9/h1-2,4,6-7H,3,5H2,(H2,11,13). The maximum Gasteiger partial charge on any atom is 0.146 e. The Hall–Kier alpha value is -1.42. The summed E-state index contributed by atoms with van der Waals surface area (Å²) in [6.45, 7) is 0. The predicted molar refractivity (Wildman–Crippen MR) is 58.2 cm³/mol. The highest BCUT2D eigenvalue weighted by molar-refractivity contribution is 7.09. The number of aromatic nitrogens is 2. The van der Waals surface area contributed by atoms with Gasteiger partial charge in [-0.25, -0.2) is 0 Å². The second-order valence-electron chi connectivity index (χ2n) is 3.03. The van der Waals surface area contributed by atoms with Crippen molar-refractivity contribution < 1.29 is 0 Å². The average molecular weight is 205 g/mol. The van der Waals surface area contributed by atoms with Gasteiger partial charge < -0.3 is 5.73 Å². The van der Waals surface area contributed by atoms with Crippen LogP contribution < -0.4 is 5.73 Å².